The lowest BCUT2D eigenvalue weighted by Gasteiger charge is -2.26. The highest BCUT2D eigenvalue weighted by atomic mass is 19.4. The van der Waals surface area contributed by atoms with E-state index in [4.69, 9.17) is 9.90 Å². The molecule has 0 spiro atoms. The number of carboxylic acids is 1. The van der Waals surface area contributed by atoms with Crippen LogP contribution in [0.4, 0.5) is 13.2 Å². The van der Waals surface area contributed by atoms with E-state index >= 15 is 0 Å². The normalized spacial score (nSPS) is 14.9. The Kier molecular flexibility index (Phi) is 5.45. The maximum atomic E-state index is 12.2. The summed E-state index contributed by atoms with van der Waals surface area (Å²) in [7, 11) is 0. The van der Waals surface area contributed by atoms with Crippen molar-refractivity contribution >= 4 is 22.8 Å². The lowest BCUT2D eigenvalue weighted by molar-refractivity contribution is -0.192. The molecule has 1 aliphatic heterocycles. The van der Waals surface area contributed by atoms with E-state index in [1.807, 2.05) is 35.2 Å². The van der Waals surface area contributed by atoms with Gasteiger partial charge in [0.05, 0.1) is 0 Å². The largest absolute Gasteiger partial charge is 0.490 e. The van der Waals surface area contributed by atoms with E-state index in [0.29, 0.717) is 5.69 Å². The van der Waals surface area contributed by atoms with Crippen molar-refractivity contribution in [3.63, 3.8) is 0 Å². The molecule has 6 nitrogen and oxygen atoms in total. The van der Waals surface area contributed by atoms with Crippen LogP contribution in [0.25, 0.3) is 10.9 Å². The van der Waals surface area contributed by atoms with Gasteiger partial charge in [-0.2, -0.15) is 13.2 Å². The number of hydrogen-bond donors (Lipinski definition) is 3. The first-order valence-corrected chi connectivity index (χ1v) is 7.17. The van der Waals surface area contributed by atoms with Gasteiger partial charge in [0, 0.05) is 37.1 Å². The van der Waals surface area contributed by atoms with Crippen molar-refractivity contribution in [3.05, 3.63) is 36.0 Å². The van der Waals surface area contributed by atoms with E-state index in [-0.39, 0.29) is 5.91 Å². The summed E-state index contributed by atoms with van der Waals surface area (Å²) in [5.74, 6) is -2.66. The fourth-order valence-corrected chi connectivity index (χ4v) is 2.23. The molecule has 3 N–H and O–H groups in total. The lowest BCUT2D eigenvalue weighted by atomic mass is 10.2. The number of nitrogens with zero attached hydrogens (tertiary/aromatic N) is 1. The number of carbonyl (C=O) groups is 2. The summed E-state index contributed by atoms with van der Waals surface area (Å²) in [4.78, 5) is 26.2. The monoisotopic (exact) mass is 343 g/mol. The zero-order valence-electron chi connectivity index (χ0n) is 12.6. The number of hydrogen-bond acceptors (Lipinski definition) is 3. The van der Waals surface area contributed by atoms with Gasteiger partial charge in [0.15, 0.2) is 0 Å². The summed E-state index contributed by atoms with van der Waals surface area (Å²) in [6, 6.07) is 9.89. The standard InChI is InChI=1S/C13H15N3O.C2HF3O2/c17-13(16-7-5-14-6-8-16)12-9-10-3-1-2-4-11(10)15-12;3-2(4,5)1(6)7/h1-4,9,14-15H,5-8H2;(H,6,7). The number of alkyl halides is 3. The van der Waals surface area contributed by atoms with E-state index < -0.39 is 12.1 Å². The van der Waals surface area contributed by atoms with Gasteiger partial charge in [-0.05, 0) is 12.1 Å². The Bertz CT molecular complexity index is 688. The predicted molar refractivity (Wildman–Crippen MR) is 80.8 cm³/mol. The van der Waals surface area contributed by atoms with Crippen molar-refractivity contribution in [1.29, 1.82) is 0 Å². The van der Waals surface area contributed by atoms with Crippen LogP contribution in [-0.4, -0.2) is 59.2 Å². The quantitative estimate of drug-likeness (QED) is 0.738. The van der Waals surface area contributed by atoms with Crippen LogP contribution in [0.3, 0.4) is 0 Å². The number of aromatic amines is 1. The van der Waals surface area contributed by atoms with Gasteiger partial charge in [-0.15, -0.1) is 0 Å². The number of carboxylic acid groups (broad SMARTS) is 1. The highest BCUT2D eigenvalue weighted by molar-refractivity contribution is 5.98. The molecule has 0 atom stereocenters. The van der Waals surface area contributed by atoms with Crippen LogP contribution in [0.15, 0.2) is 30.3 Å². The number of rotatable bonds is 1. The van der Waals surface area contributed by atoms with Crippen molar-refractivity contribution in [3.8, 4) is 0 Å². The molecule has 1 aromatic heterocycles. The first-order chi connectivity index (χ1) is 11.3. The number of aromatic nitrogens is 1. The Balaban J connectivity index is 0.000000256. The summed E-state index contributed by atoms with van der Waals surface area (Å²) in [6.45, 7) is 3.33. The van der Waals surface area contributed by atoms with Gasteiger partial charge in [-0.3, -0.25) is 4.79 Å². The highest BCUT2D eigenvalue weighted by Crippen LogP contribution is 2.16. The molecule has 0 radical (unpaired) electrons. The third kappa shape index (κ3) is 4.48. The van der Waals surface area contributed by atoms with Gasteiger partial charge in [0.25, 0.3) is 5.91 Å². The molecule has 24 heavy (non-hydrogen) atoms. The number of nitrogens with one attached hydrogen (secondary N) is 2. The minimum absolute atomic E-state index is 0.0997. The van der Waals surface area contributed by atoms with Gasteiger partial charge in [-0.1, -0.05) is 18.2 Å². The van der Waals surface area contributed by atoms with Crippen LogP contribution in [0.2, 0.25) is 0 Å². The van der Waals surface area contributed by atoms with Crippen LogP contribution in [0.5, 0.6) is 0 Å². The third-order valence-corrected chi connectivity index (χ3v) is 3.41. The van der Waals surface area contributed by atoms with E-state index in [9.17, 15) is 18.0 Å². The number of para-hydroxylation sites is 1. The molecule has 0 aliphatic carbocycles. The van der Waals surface area contributed by atoms with Gasteiger partial charge >= 0.3 is 12.1 Å². The minimum atomic E-state index is -5.08. The molecule has 0 saturated carbocycles. The number of aliphatic carboxylic acids is 1. The third-order valence-electron chi connectivity index (χ3n) is 3.41. The lowest BCUT2D eigenvalue weighted by Crippen LogP contribution is -2.46. The number of amides is 1. The zero-order valence-corrected chi connectivity index (χ0v) is 12.6. The van der Waals surface area contributed by atoms with Crippen molar-refractivity contribution in [2.45, 2.75) is 6.18 Å². The molecular formula is C15H16F3N3O3. The Morgan fingerprint density at radius 1 is 1.12 bits per heavy atom. The van der Waals surface area contributed by atoms with Crippen LogP contribution < -0.4 is 5.32 Å². The van der Waals surface area contributed by atoms with E-state index in [0.717, 1.165) is 37.1 Å². The number of halogens is 3. The summed E-state index contributed by atoms with van der Waals surface area (Å²) < 4.78 is 31.7. The summed E-state index contributed by atoms with van der Waals surface area (Å²) in [6.07, 6.45) is -5.08. The predicted octanol–water partition coefficient (Wildman–Crippen LogP) is 1.85. The molecule has 1 aromatic carbocycles. The topological polar surface area (TPSA) is 85.4 Å². The molecule has 1 amide bonds. The van der Waals surface area contributed by atoms with Gasteiger partial charge in [0.1, 0.15) is 5.69 Å². The molecule has 1 fully saturated rings. The number of H-pyrrole nitrogens is 1. The van der Waals surface area contributed by atoms with Gasteiger partial charge in [0.2, 0.25) is 0 Å². The number of piperazine rings is 1. The number of fused-ring (bicyclic) bond motifs is 1. The SMILES string of the molecule is O=C(O)C(F)(F)F.O=C(c1cc2ccccc2[nH]1)N1CCNCC1. The van der Waals surface area contributed by atoms with Crippen LogP contribution in [0.1, 0.15) is 10.5 Å². The van der Waals surface area contributed by atoms with E-state index in [2.05, 4.69) is 10.3 Å². The zero-order chi connectivity index (χ0) is 17.7. The summed E-state index contributed by atoms with van der Waals surface area (Å²) >= 11 is 0. The second kappa shape index (κ2) is 7.35. The first-order valence-electron chi connectivity index (χ1n) is 7.17. The van der Waals surface area contributed by atoms with Crippen molar-refractivity contribution in [2.24, 2.45) is 0 Å². The molecular weight excluding hydrogens is 327 g/mol. The fourth-order valence-electron chi connectivity index (χ4n) is 2.23. The van der Waals surface area contributed by atoms with Crippen LogP contribution in [0, 0.1) is 0 Å². The first kappa shape index (κ1) is 17.8. The molecule has 1 saturated heterocycles. The fraction of sp³-hybridized carbons (Fsp3) is 0.333. The summed E-state index contributed by atoms with van der Waals surface area (Å²) in [5.41, 5.74) is 1.71. The molecule has 9 heteroatoms. The Morgan fingerprint density at radius 3 is 2.25 bits per heavy atom. The highest BCUT2D eigenvalue weighted by Gasteiger charge is 2.38. The van der Waals surface area contributed by atoms with E-state index in [1.165, 1.54) is 0 Å². The molecule has 0 unspecified atom stereocenters. The molecule has 130 valence electrons. The van der Waals surface area contributed by atoms with Crippen molar-refractivity contribution < 1.29 is 27.9 Å². The summed E-state index contributed by atoms with van der Waals surface area (Å²) in [5, 5.41) is 11.5. The van der Waals surface area contributed by atoms with Gasteiger partial charge < -0.3 is 20.3 Å². The smallest absolute Gasteiger partial charge is 0.475 e. The Morgan fingerprint density at radius 2 is 1.71 bits per heavy atom. The second-order valence-electron chi connectivity index (χ2n) is 5.12. The van der Waals surface area contributed by atoms with E-state index in [1.54, 1.807) is 0 Å². The number of carbonyl (C=O) groups excluding carboxylic acids is 1. The molecule has 2 aromatic rings. The average Bonchev–Trinajstić information content (AvgIpc) is 2.98. The van der Waals surface area contributed by atoms with Crippen molar-refractivity contribution in [2.75, 3.05) is 26.2 Å². The van der Waals surface area contributed by atoms with Gasteiger partial charge in [-0.25, -0.2) is 4.79 Å². The number of benzene rings is 1. The second-order valence-corrected chi connectivity index (χ2v) is 5.12. The molecule has 3 rings (SSSR count). The minimum Gasteiger partial charge on any atom is -0.475 e. The molecule has 2 heterocycles. The average molecular weight is 343 g/mol. The van der Waals surface area contributed by atoms with Crippen molar-refractivity contribution in [1.82, 2.24) is 15.2 Å². The Hall–Kier alpha value is -2.55. The maximum absolute atomic E-state index is 12.2. The molecule has 1 aliphatic rings. The maximum Gasteiger partial charge on any atom is 0.490 e. The van der Waals surface area contributed by atoms with Crippen LogP contribution in [-0.2, 0) is 4.79 Å². The molecule has 0 bridgehead atoms. The Labute approximate surface area is 135 Å². The van der Waals surface area contributed by atoms with Crippen LogP contribution >= 0.6 is 0 Å².